The number of nitrogens with zero attached hydrogens (tertiary/aromatic N) is 1. The molecule has 0 aliphatic rings. The van der Waals surface area contributed by atoms with Crippen LogP contribution in [0.5, 0.6) is 0 Å². The van der Waals surface area contributed by atoms with Gasteiger partial charge >= 0.3 is 0 Å². The minimum absolute atomic E-state index is 0.122. The maximum Gasteiger partial charge on any atom is 0.227 e. The van der Waals surface area contributed by atoms with Crippen molar-refractivity contribution in [2.45, 2.75) is 48.0 Å². The number of ether oxygens (including phenoxy) is 4. The lowest BCUT2D eigenvalue weighted by Gasteiger charge is -2.25. The zero-order valence-corrected chi connectivity index (χ0v) is 18.1. The summed E-state index contributed by atoms with van der Waals surface area (Å²) < 4.78 is 21.9. The molecule has 0 spiro atoms. The predicted octanol–water partition coefficient (Wildman–Crippen LogP) is 2.99. The molecule has 26 heavy (non-hydrogen) atoms. The Balaban J connectivity index is 3.31. The Kier molecular flexibility index (Phi) is 13.1. The van der Waals surface area contributed by atoms with Crippen molar-refractivity contribution in [3.05, 3.63) is 0 Å². The lowest BCUT2D eigenvalue weighted by atomic mass is 9.93. The summed E-state index contributed by atoms with van der Waals surface area (Å²) in [6, 6.07) is 0. The molecule has 0 atom stereocenters. The van der Waals surface area contributed by atoms with Gasteiger partial charge in [-0.1, -0.05) is 41.5 Å². The van der Waals surface area contributed by atoms with E-state index in [4.69, 9.17) is 18.9 Å². The summed E-state index contributed by atoms with van der Waals surface area (Å²) >= 11 is 0. The van der Waals surface area contributed by atoms with E-state index in [2.05, 4.69) is 20.8 Å². The number of rotatable bonds is 14. The second-order valence-electron chi connectivity index (χ2n) is 8.74. The average Bonchev–Trinajstić information content (AvgIpc) is 2.52. The van der Waals surface area contributed by atoms with Gasteiger partial charge in [0.15, 0.2) is 0 Å². The maximum absolute atomic E-state index is 12.0. The van der Waals surface area contributed by atoms with Crippen molar-refractivity contribution >= 4 is 5.91 Å². The van der Waals surface area contributed by atoms with Crippen LogP contribution in [0.1, 0.15) is 48.0 Å². The van der Waals surface area contributed by atoms with Crippen molar-refractivity contribution < 1.29 is 23.7 Å². The molecule has 0 unspecified atom stereocenters. The molecule has 0 bridgehead atoms. The molecule has 1 amide bonds. The van der Waals surface area contributed by atoms with Crippen molar-refractivity contribution in [3.63, 3.8) is 0 Å². The summed E-state index contributed by atoms with van der Waals surface area (Å²) in [4.78, 5) is 13.7. The molecule has 0 heterocycles. The van der Waals surface area contributed by atoms with Crippen LogP contribution in [0.4, 0.5) is 0 Å². The molecule has 0 rings (SSSR count). The van der Waals surface area contributed by atoms with Crippen LogP contribution in [-0.2, 0) is 23.7 Å². The molecule has 0 aliphatic heterocycles. The molecule has 0 aromatic heterocycles. The van der Waals surface area contributed by atoms with E-state index in [1.807, 2.05) is 20.8 Å². The summed E-state index contributed by atoms with van der Waals surface area (Å²) in [5.74, 6) is 0.122. The van der Waals surface area contributed by atoms with E-state index in [1.165, 1.54) is 0 Å². The quantitative estimate of drug-likeness (QED) is 0.437. The molecule has 0 N–H and O–H groups in total. The molecule has 0 aromatic rings. The van der Waals surface area contributed by atoms with E-state index in [1.54, 1.807) is 11.9 Å². The van der Waals surface area contributed by atoms with Crippen LogP contribution in [0.25, 0.3) is 0 Å². The number of hydrogen-bond acceptors (Lipinski definition) is 5. The van der Waals surface area contributed by atoms with E-state index in [0.717, 1.165) is 13.0 Å². The Morgan fingerprint density at radius 1 is 0.692 bits per heavy atom. The molecule has 0 saturated carbocycles. The lowest BCUT2D eigenvalue weighted by Crippen LogP contribution is -2.38. The Bertz CT molecular complexity index is 360. The van der Waals surface area contributed by atoms with Crippen molar-refractivity contribution in [3.8, 4) is 0 Å². The average molecular weight is 376 g/mol. The number of likely N-dealkylation sites (N-methyl/N-ethyl adjacent to an activating group) is 1. The molecule has 0 aromatic carbocycles. The SMILES string of the molecule is CN(CCOCCOCCOCCOCCC(C)(C)C)C(=O)C(C)(C)C. The molecule has 0 saturated heterocycles. The Morgan fingerprint density at radius 3 is 1.46 bits per heavy atom. The van der Waals surface area contributed by atoms with Crippen molar-refractivity contribution in [1.82, 2.24) is 4.90 Å². The second-order valence-corrected chi connectivity index (χ2v) is 8.74. The highest BCUT2D eigenvalue weighted by Gasteiger charge is 2.24. The first-order chi connectivity index (χ1) is 12.0. The lowest BCUT2D eigenvalue weighted by molar-refractivity contribution is -0.138. The van der Waals surface area contributed by atoms with Crippen LogP contribution < -0.4 is 0 Å². The van der Waals surface area contributed by atoms with Gasteiger partial charge in [0.2, 0.25) is 5.91 Å². The second kappa shape index (κ2) is 13.5. The zero-order valence-electron chi connectivity index (χ0n) is 18.1. The van der Waals surface area contributed by atoms with Gasteiger partial charge in [0.1, 0.15) is 0 Å². The third-order valence-corrected chi connectivity index (χ3v) is 3.67. The van der Waals surface area contributed by atoms with Gasteiger partial charge in [-0.3, -0.25) is 4.79 Å². The van der Waals surface area contributed by atoms with Crippen LogP contribution >= 0.6 is 0 Å². The first kappa shape index (κ1) is 25.3. The highest BCUT2D eigenvalue weighted by molar-refractivity contribution is 5.81. The minimum Gasteiger partial charge on any atom is -0.379 e. The molecule has 0 fully saturated rings. The number of carbonyl (C=O) groups is 1. The predicted molar refractivity (Wildman–Crippen MR) is 104 cm³/mol. The molecule has 0 aliphatic carbocycles. The standard InChI is InChI=1S/C20H41NO5/c1-19(2,3)8-10-23-12-14-25-16-17-26-15-13-24-11-9-21(7)18(22)20(4,5)6/h8-17H2,1-7H3. The van der Waals surface area contributed by atoms with Gasteiger partial charge in [-0.15, -0.1) is 0 Å². The Labute approximate surface area is 160 Å². The van der Waals surface area contributed by atoms with Gasteiger partial charge in [-0.25, -0.2) is 0 Å². The van der Waals surface area contributed by atoms with E-state index in [-0.39, 0.29) is 11.3 Å². The van der Waals surface area contributed by atoms with E-state index < -0.39 is 0 Å². The van der Waals surface area contributed by atoms with Crippen molar-refractivity contribution in [1.29, 1.82) is 0 Å². The van der Waals surface area contributed by atoms with Crippen molar-refractivity contribution in [2.75, 3.05) is 66.4 Å². The first-order valence-electron chi connectivity index (χ1n) is 9.60. The van der Waals surface area contributed by atoms with Crippen LogP contribution in [-0.4, -0.2) is 77.3 Å². The van der Waals surface area contributed by atoms with E-state index in [9.17, 15) is 4.79 Å². The molecule has 156 valence electrons. The van der Waals surface area contributed by atoms with Gasteiger partial charge in [-0.2, -0.15) is 0 Å². The van der Waals surface area contributed by atoms with E-state index in [0.29, 0.717) is 58.2 Å². The largest absolute Gasteiger partial charge is 0.379 e. The highest BCUT2D eigenvalue weighted by Crippen LogP contribution is 2.17. The number of carbonyl (C=O) groups excluding carboxylic acids is 1. The maximum atomic E-state index is 12.0. The highest BCUT2D eigenvalue weighted by atomic mass is 16.6. The Morgan fingerprint density at radius 2 is 1.08 bits per heavy atom. The fraction of sp³-hybridized carbons (Fsp3) is 0.950. The molecule has 0 radical (unpaired) electrons. The Hall–Kier alpha value is -0.690. The third-order valence-electron chi connectivity index (χ3n) is 3.67. The molecular formula is C20H41NO5. The summed E-state index contributed by atoms with van der Waals surface area (Å²) in [6.45, 7) is 17.6. The van der Waals surface area contributed by atoms with Crippen molar-refractivity contribution in [2.24, 2.45) is 10.8 Å². The summed E-state index contributed by atoms with van der Waals surface area (Å²) in [5.41, 5.74) is -0.0379. The smallest absolute Gasteiger partial charge is 0.227 e. The van der Waals surface area contributed by atoms with Gasteiger partial charge in [0.05, 0.1) is 46.2 Å². The fourth-order valence-electron chi connectivity index (χ4n) is 2.02. The summed E-state index contributed by atoms with van der Waals surface area (Å²) in [7, 11) is 1.80. The normalized spacial score (nSPS) is 12.4. The first-order valence-corrected chi connectivity index (χ1v) is 9.60. The van der Waals surface area contributed by atoms with Gasteiger partial charge in [0.25, 0.3) is 0 Å². The molecular weight excluding hydrogens is 334 g/mol. The number of hydrogen-bond donors (Lipinski definition) is 0. The zero-order chi connectivity index (χ0) is 20.1. The fourth-order valence-corrected chi connectivity index (χ4v) is 2.02. The van der Waals surface area contributed by atoms with Crippen LogP contribution in [0.3, 0.4) is 0 Å². The van der Waals surface area contributed by atoms with Gasteiger partial charge in [-0.05, 0) is 11.8 Å². The van der Waals surface area contributed by atoms with Crippen LogP contribution in [0.15, 0.2) is 0 Å². The van der Waals surface area contributed by atoms with Gasteiger partial charge < -0.3 is 23.8 Å². The summed E-state index contributed by atoms with van der Waals surface area (Å²) in [6.07, 6.45) is 1.05. The topological polar surface area (TPSA) is 57.2 Å². The van der Waals surface area contributed by atoms with E-state index >= 15 is 0 Å². The van der Waals surface area contributed by atoms with Crippen LogP contribution in [0, 0.1) is 10.8 Å². The van der Waals surface area contributed by atoms with Crippen LogP contribution in [0.2, 0.25) is 0 Å². The number of amides is 1. The van der Waals surface area contributed by atoms with Gasteiger partial charge in [0, 0.05) is 25.6 Å². The summed E-state index contributed by atoms with van der Waals surface area (Å²) in [5, 5.41) is 0. The molecule has 6 nitrogen and oxygen atoms in total. The third kappa shape index (κ3) is 15.6. The molecule has 6 heteroatoms. The minimum atomic E-state index is -0.352. The monoisotopic (exact) mass is 375 g/mol.